The maximum atomic E-state index is 12.8. The largest absolute Gasteiger partial charge is 0.462 e. The van der Waals surface area contributed by atoms with Crippen LogP contribution in [-0.2, 0) is 14.3 Å². The Morgan fingerprint density at radius 2 is 1.37 bits per heavy atom. The van der Waals surface area contributed by atoms with Gasteiger partial charge in [0.05, 0.1) is 24.2 Å². The number of carbonyl (C=O) groups is 2. The molecular formula is C21H38O6. The average molecular weight is 389 g/mol. The second kappa shape index (κ2) is 9.99. The molecule has 0 aromatic carbocycles. The molecule has 0 aromatic rings. The second-order valence-corrected chi connectivity index (χ2v) is 8.67. The average Bonchev–Trinajstić information content (AvgIpc) is 2.66. The Morgan fingerprint density at radius 3 is 1.89 bits per heavy atom. The lowest BCUT2D eigenvalue weighted by molar-refractivity contribution is -0.166. The van der Waals surface area contributed by atoms with E-state index in [0.29, 0.717) is 12.8 Å². The molecule has 1 fully saturated rings. The fourth-order valence-electron chi connectivity index (χ4n) is 4.24. The molecule has 1 heterocycles. The van der Waals surface area contributed by atoms with Crippen LogP contribution in [-0.4, -0.2) is 51.5 Å². The first kappa shape index (κ1) is 24.1. The van der Waals surface area contributed by atoms with E-state index in [1.807, 2.05) is 20.8 Å². The number of aliphatic hydroxyl groups is 3. The predicted molar refractivity (Wildman–Crippen MR) is 103 cm³/mol. The minimum absolute atomic E-state index is 0.0618. The molecule has 1 saturated heterocycles. The third-order valence-electron chi connectivity index (χ3n) is 6.51. The number of hydrogen-bond donors (Lipinski definition) is 3. The summed E-state index contributed by atoms with van der Waals surface area (Å²) in [6.07, 6.45) is -2.43. The Hall–Kier alpha value is -0.980. The van der Waals surface area contributed by atoms with Crippen LogP contribution in [0.5, 0.6) is 0 Å². The lowest BCUT2D eigenvalue weighted by atomic mass is 9.79. The van der Waals surface area contributed by atoms with Crippen molar-refractivity contribution in [2.24, 2.45) is 35.5 Å². The number of ether oxygens (including phenoxy) is 1. The van der Waals surface area contributed by atoms with Crippen LogP contribution in [0.3, 0.4) is 0 Å². The van der Waals surface area contributed by atoms with Crippen molar-refractivity contribution in [2.75, 3.05) is 0 Å². The number of aliphatic hydroxyl groups excluding tert-OH is 3. The van der Waals surface area contributed by atoms with Crippen LogP contribution in [0.25, 0.3) is 0 Å². The maximum Gasteiger partial charge on any atom is 0.311 e. The molecule has 3 N–H and O–H groups in total. The van der Waals surface area contributed by atoms with Gasteiger partial charge in [-0.05, 0) is 25.7 Å². The standard InChI is InChI=1S/C21H38O6/c1-8-16-12(4)19(24)13(5)17(22)10(2)9-11(3)18(23)14(6)20(25)15(7)21(26)27-16/h10-16,18-20,23-25H,8-9H2,1-7H3/t10-,11+,12+,13+,14-,15-,16-,18+,19+,20+/m1/s1/i12+1,16+1. The van der Waals surface area contributed by atoms with E-state index in [-0.39, 0.29) is 17.6 Å². The lowest BCUT2D eigenvalue weighted by Gasteiger charge is -2.35. The summed E-state index contributed by atoms with van der Waals surface area (Å²) in [7, 11) is 0. The van der Waals surface area contributed by atoms with E-state index < -0.39 is 54.1 Å². The Balaban J connectivity index is 3.23. The molecule has 0 amide bonds. The number of esters is 1. The third-order valence-corrected chi connectivity index (χ3v) is 6.51. The van der Waals surface area contributed by atoms with Crippen molar-refractivity contribution in [1.82, 2.24) is 0 Å². The zero-order valence-electron chi connectivity index (χ0n) is 17.8. The smallest absolute Gasteiger partial charge is 0.311 e. The SMILES string of the molecule is CC[13C@H]1OC(=O)[C@H](C)[C@@H](O)[C@H](C)[C@@H](O)[C@@H](C)C[C@@H](C)C(=O)[C@H](C)[C@@H](O)[13C@H]1C. The molecule has 158 valence electrons. The van der Waals surface area contributed by atoms with Crippen molar-refractivity contribution >= 4 is 11.8 Å². The predicted octanol–water partition coefficient (Wildman–Crippen LogP) is 2.18. The van der Waals surface area contributed by atoms with Crippen LogP contribution in [0.15, 0.2) is 0 Å². The summed E-state index contributed by atoms with van der Waals surface area (Å²) in [5.74, 6) is -3.48. The number of rotatable bonds is 1. The van der Waals surface area contributed by atoms with E-state index in [2.05, 4.69) is 0 Å². The van der Waals surface area contributed by atoms with Crippen molar-refractivity contribution in [3.8, 4) is 0 Å². The lowest BCUT2D eigenvalue weighted by Crippen LogP contribution is -2.45. The molecule has 0 saturated carbocycles. The van der Waals surface area contributed by atoms with Crippen LogP contribution >= 0.6 is 0 Å². The number of ketones is 1. The fourth-order valence-corrected chi connectivity index (χ4v) is 4.24. The van der Waals surface area contributed by atoms with Gasteiger partial charge in [0.15, 0.2) is 0 Å². The first-order valence-corrected chi connectivity index (χ1v) is 10.2. The van der Waals surface area contributed by atoms with Gasteiger partial charge in [0, 0.05) is 23.7 Å². The first-order chi connectivity index (χ1) is 12.4. The molecule has 0 bridgehead atoms. The highest BCUT2D eigenvalue weighted by Gasteiger charge is 2.39. The monoisotopic (exact) mass is 388 g/mol. The van der Waals surface area contributed by atoms with E-state index in [1.54, 1.807) is 27.7 Å². The van der Waals surface area contributed by atoms with Crippen LogP contribution in [0.1, 0.15) is 61.3 Å². The van der Waals surface area contributed by atoms with Crippen molar-refractivity contribution in [3.05, 3.63) is 0 Å². The molecule has 0 radical (unpaired) electrons. The van der Waals surface area contributed by atoms with Gasteiger partial charge in [-0.15, -0.1) is 0 Å². The molecule has 6 heteroatoms. The summed E-state index contributed by atoms with van der Waals surface area (Å²) in [4.78, 5) is 25.3. The fraction of sp³-hybridized carbons (Fsp3) is 0.905. The Labute approximate surface area is 163 Å². The van der Waals surface area contributed by atoms with Gasteiger partial charge in [0.1, 0.15) is 11.9 Å². The molecule has 1 aliphatic heterocycles. The number of hydrogen-bond acceptors (Lipinski definition) is 6. The van der Waals surface area contributed by atoms with Crippen molar-refractivity contribution < 1.29 is 29.6 Å². The van der Waals surface area contributed by atoms with Gasteiger partial charge < -0.3 is 20.1 Å². The van der Waals surface area contributed by atoms with Crippen molar-refractivity contribution in [2.45, 2.75) is 85.7 Å². The quantitative estimate of drug-likeness (QED) is 0.470. The summed E-state index contributed by atoms with van der Waals surface area (Å²) < 4.78 is 5.58. The first-order valence-electron chi connectivity index (χ1n) is 10.2. The van der Waals surface area contributed by atoms with Crippen LogP contribution < -0.4 is 0 Å². The Morgan fingerprint density at radius 1 is 0.852 bits per heavy atom. The van der Waals surface area contributed by atoms with Gasteiger partial charge in [0.2, 0.25) is 0 Å². The highest BCUT2D eigenvalue weighted by atomic mass is 16.6. The number of cyclic esters (lactones) is 1. The molecule has 0 unspecified atom stereocenters. The van der Waals surface area contributed by atoms with Gasteiger partial charge in [0.25, 0.3) is 0 Å². The van der Waals surface area contributed by atoms with E-state index in [0.717, 1.165) is 0 Å². The second-order valence-electron chi connectivity index (χ2n) is 8.67. The van der Waals surface area contributed by atoms with E-state index in [9.17, 15) is 24.9 Å². The molecule has 6 nitrogen and oxygen atoms in total. The van der Waals surface area contributed by atoms with E-state index >= 15 is 0 Å². The molecular weight excluding hydrogens is 350 g/mol. The zero-order chi connectivity index (χ0) is 21.0. The summed E-state index contributed by atoms with van der Waals surface area (Å²) in [5, 5.41) is 31.9. The van der Waals surface area contributed by atoms with Gasteiger partial charge in [-0.3, -0.25) is 9.59 Å². The maximum absolute atomic E-state index is 12.8. The van der Waals surface area contributed by atoms with E-state index in [4.69, 9.17) is 4.74 Å². The summed E-state index contributed by atoms with van der Waals surface area (Å²) in [6, 6.07) is 0. The van der Waals surface area contributed by atoms with Crippen molar-refractivity contribution in [3.63, 3.8) is 0 Å². The summed E-state index contributed by atoms with van der Waals surface area (Å²) >= 11 is 0. The summed E-state index contributed by atoms with van der Waals surface area (Å²) in [6.45, 7) is 12.3. The minimum atomic E-state index is -1.06. The zero-order valence-corrected chi connectivity index (χ0v) is 17.8. The molecule has 10 atom stereocenters. The normalized spacial score (nSPS) is 45.9. The summed E-state index contributed by atoms with van der Waals surface area (Å²) in [5.41, 5.74) is 0. The van der Waals surface area contributed by atoms with Crippen LogP contribution in [0.4, 0.5) is 0 Å². The van der Waals surface area contributed by atoms with Gasteiger partial charge >= 0.3 is 5.97 Å². The molecule has 0 aliphatic carbocycles. The number of Topliss-reactive ketones (excluding diaryl/α,β-unsaturated/α-hetero) is 1. The Kier molecular flexibility index (Phi) is 8.90. The molecule has 1 aliphatic rings. The van der Waals surface area contributed by atoms with Gasteiger partial charge in [-0.2, -0.15) is 0 Å². The molecule has 27 heavy (non-hydrogen) atoms. The van der Waals surface area contributed by atoms with Crippen LogP contribution in [0.2, 0.25) is 0 Å². The highest BCUT2D eigenvalue weighted by molar-refractivity contribution is 5.83. The van der Waals surface area contributed by atoms with Crippen molar-refractivity contribution in [1.29, 1.82) is 0 Å². The molecule has 0 aromatic heterocycles. The highest BCUT2D eigenvalue weighted by Crippen LogP contribution is 2.30. The molecule has 0 spiro atoms. The van der Waals surface area contributed by atoms with E-state index in [1.165, 1.54) is 0 Å². The van der Waals surface area contributed by atoms with Gasteiger partial charge in [-0.25, -0.2) is 0 Å². The minimum Gasteiger partial charge on any atom is -0.462 e. The third kappa shape index (κ3) is 5.52. The van der Waals surface area contributed by atoms with Gasteiger partial charge in [-0.1, -0.05) is 41.5 Å². The molecule has 1 rings (SSSR count). The van der Waals surface area contributed by atoms with Crippen LogP contribution in [0, 0.1) is 35.5 Å². The topological polar surface area (TPSA) is 104 Å². The Bertz CT molecular complexity index is 507. The number of carbonyl (C=O) groups excluding carboxylic acids is 2.